The van der Waals surface area contributed by atoms with Crippen molar-refractivity contribution in [2.75, 3.05) is 26.2 Å². The van der Waals surface area contributed by atoms with Gasteiger partial charge in [0, 0.05) is 47.6 Å². The number of hydrogen-bond donors (Lipinski definition) is 1. The van der Waals surface area contributed by atoms with Crippen molar-refractivity contribution in [2.24, 2.45) is 5.41 Å². The zero-order valence-corrected chi connectivity index (χ0v) is 26.7. The van der Waals surface area contributed by atoms with E-state index in [2.05, 4.69) is 37.4 Å². The Hall–Kier alpha value is -3.52. The van der Waals surface area contributed by atoms with E-state index in [0.717, 1.165) is 72.5 Å². The maximum absolute atomic E-state index is 14.7. The fourth-order valence-electron chi connectivity index (χ4n) is 6.29. The van der Waals surface area contributed by atoms with Gasteiger partial charge in [-0.05, 0) is 68.5 Å². The van der Waals surface area contributed by atoms with E-state index in [1.807, 2.05) is 54.5 Å². The van der Waals surface area contributed by atoms with E-state index < -0.39 is 0 Å². The van der Waals surface area contributed by atoms with Gasteiger partial charge in [0.2, 0.25) is 0 Å². The summed E-state index contributed by atoms with van der Waals surface area (Å²) in [4.78, 5) is 36.0. The number of rotatable bonds is 7. The van der Waals surface area contributed by atoms with Crippen LogP contribution in [0.4, 0.5) is 0 Å². The van der Waals surface area contributed by atoms with Gasteiger partial charge in [0.05, 0.1) is 28.2 Å². The van der Waals surface area contributed by atoms with Gasteiger partial charge in [-0.3, -0.25) is 14.2 Å². The molecule has 0 bridgehead atoms. The summed E-state index contributed by atoms with van der Waals surface area (Å²) < 4.78 is 1.80. The van der Waals surface area contributed by atoms with Crippen LogP contribution in [-0.4, -0.2) is 46.5 Å². The molecular formula is C35H37ClN4O2S. The molecule has 0 radical (unpaired) electrons. The summed E-state index contributed by atoms with van der Waals surface area (Å²) in [5, 5.41) is 6.59. The first-order chi connectivity index (χ1) is 20.7. The van der Waals surface area contributed by atoms with E-state index in [0.29, 0.717) is 33.4 Å². The van der Waals surface area contributed by atoms with E-state index in [9.17, 15) is 9.59 Å². The van der Waals surface area contributed by atoms with Crippen molar-refractivity contribution < 1.29 is 4.79 Å². The highest BCUT2D eigenvalue weighted by atomic mass is 35.5. The first-order valence-electron chi connectivity index (χ1n) is 15.0. The van der Waals surface area contributed by atoms with Gasteiger partial charge in [-0.15, -0.1) is 11.3 Å². The lowest BCUT2D eigenvalue weighted by molar-refractivity contribution is 0.0751. The average Bonchev–Trinajstić information content (AvgIpc) is 3.66. The number of hydrogen-bond acceptors (Lipinski definition) is 5. The Morgan fingerprint density at radius 3 is 2.37 bits per heavy atom. The average molecular weight is 613 g/mol. The number of aryl methyl sites for hydroxylation is 2. The standard InChI is InChI=1S/C35H37ClN4O2S/c1-5-23-8-7-9-24(6-2)31(23)40-30(16-22(3)4)27(33(41)39-15-14-35(21-39)19-37-20-35)17-28(34(40)42)32-38-29(18-43-32)25-10-12-26(36)13-11-25/h7-13,16-18,37H,5-6,14-15,19-21H2,1-4H3. The second kappa shape index (κ2) is 11.9. The number of thiazole rings is 1. The zero-order chi connectivity index (χ0) is 30.3. The molecule has 4 aromatic rings. The molecule has 0 aliphatic carbocycles. The van der Waals surface area contributed by atoms with Crippen LogP contribution >= 0.6 is 22.9 Å². The van der Waals surface area contributed by atoms with E-state index in [1.165, 1.54) is 11.3 Å². The fraction of sp³-hybridized carbons (Fsp3) is 0.343. The summed E-state index contributed by atoms with van der Waals surface area (Å²) in [6.45, 7) is 11.6. The van der Waals surface area contributed by atoms with Crippen molar-refractivity contribution in [3.63, 3.8) is 0 Å². The SMILES string of the molecule is CCc1cccc(CC)c1-n1c(C=C(C)C)c(C(=O)N2CCC3(CNC3)C2)cc(-c2nc(-c3ccc(Cl)cc3)cs2)c1=O. The van der Waals surface area contributed by atoms with Gasteiger partial charge in [0.1, 0.15) is 5.01 Å². The molecule has 6 nitrogen and oxygen atoms in total. The minimum Gasteiger partial charge on any atom is -0.338 e. The lowest BCUT2D eigenvalue weighted by Gasteiger charge is -2.39. The number of aromatic nitrogens is 2. The Morgan fingerprint density at radius 1 is 1.09 bits per heavy atom. The summed E-state index contributed by atoms with van der Waals surface area (Å²) in [5.74, 6) is -0.0345. The van der Waals surface area contributed by atoms with Crippen LogP contribution in [0.1, 0.15) is 61.3 Å². The predicted molar refractivity (Wildman–Crippen MR) is 177 cm³/mol. The highest BCUT2D eigenvalue weighted by Gasteiger charge is 2.45. The lowest BCUT2D eigenvalue weighted by Crippen LogP contribution is -2.55. The topological polar surface area (TPSA) is 67.2 Å². The smallest absolute Gasteiger partial charge is 0.265 e. The number of nitrogens with one attached hydrogen (secondary N) is 1. The van der Waals surface area contributed by atoms with Gasteiger partial charge in [-0.2, -0.15) is 0 Å². The largest absolute Gasteiger partial charge is 0.338 e. The molecule has 2 saturated heterocycles. The van der Waals surface area contributed by atoms with Gasteiger partial charge in [0.15, 0.2) is 0 Å². The number of amides is 1. The molecule has 2 aliphatic rings. The quantitative estimate of drug-likeness (QED) is 0.238. The van der Waals surface area contributed by atoms with Crippen molar-refractivity contribution in [3.8, 4) is 27.5 Å². The van der Waals surface area contributed by atoms with Gasteiger partial charge in [0.25, 0.3) is 11.5 Å². The molecule has 4 heterocycles. The fourth-order valence-corrected chi connectivity index (χ4v) is 7.25. The molecular weight excluding hydrogens is 576 g/mol. The third kappa shape index (κ3) is 5.50. The molecule has 0 atom stereocenters. The lowest BCUT2D eigenvalue weighted by atomic mass is 9.81. The van der Waals surface area contributed by atoms with Crippen LogP contribution in [0.25, 0.3) is 33.6 Å². The van der Waals surface area contributed by atoms with Crippen LogP contribution in [0.2, 0.25) is 5.02 Å². The van der Waals surface area contributed by atoms with Crippen molar-refractivity contribution in [1.82, 2.24) is 19.8 Å². The highest BCUT2D eigenvalue weighted by Crippen LogP contribution is 2.36. The van der Waals surface area contributed by atoms with Crippen LogP contribution < -0.4 is 10.9 Å². The van der Waals surface area contributed by atoms with E-state index in [1.54, 1.807) is 10.6 Å². The molecule has 0 unspecified atom stereocenters. The number of benzene rings is 2. The number of halogens is 1. The van der Waals surface area contributed by atoms with Crippen LogP contribution in [0.5, 0.6) is 0 Å². The van der Waals surface area contributed by atoms with Gasteiger partial charge in [-0.1, -0.05) is 61.4 Å². The monoisotopic (exact) mass is 612 g/mol. The summed E-state index contributed by atoms with van der Waals surface area (Å²) in [5.41, 5.74) is 7.33. The molecule has 1 N–H and O–H groups in total. The Balaban J connectivity index is 1.60. The number of likely N-dealkylation sites (tertiary alicyclic amines) is 1. The molecule has 1 spiro atoms. The van der Waals surface area contributed by atoms with E-state index in [-0.39, 0.29) is 16.9 Å². The highest BCUT2D eigenvalue weighted by molar-refractivity contribution is 7.13. The normalized spacial score (nSPS) is 15.5. The van der Waals surface area contributed by atoms with Gasteiger partial charge in [-0.25, -0.2) is 4.98 Å². The predicted octanol–water partition coefficient (Wildman–Crippen LogP) is 7.26. The van der Waals surface area contributed by atoms with Gasteiger partial charge >= 0.3 is 0 Å². The number of allylic oxidation sites excluding steroid dienone is 1. The minimum absolute atomic E-state index is 0.0345. The third-order valence-corrected chi connectivity index (χ3v) is 9.81. The summed E-state index contributed by atoms with van der Waals surface area (Å²) in [6, 6.07) is 15.5. The maximum Gasteiger partial charge on any atom is 0.265 e. The Labute approximate surface area is 262 Å². The van der Waals surface area contributed by atoms with Crippen LogP contribution in [-0.2, 0) is 12.8 Å². The number of carbonyl (C=O) groups is 1. The zero-order valence-electron chi connectivity index (χ0n) is 25.2. The second-order valence-electron chi connectivity index (χ2n) is 12.0. The molecule has 2 aliphatic heterocycles. The molecule has 2 aromatic carbocycles. The van der Waals surface area contributed by atoms with Crippen molar-refractivity contribution >= 4 is 34.9 Å². The first kappa shape index (κ1) is 29.5. The van der Waals surface area contributed by atoms with Crippen molar-refractivity contribution in [1.29, 1.82) is 0 Å². The van der Waals surface area contributed by atoms with Crippen LogP contribution in [0.3, 0.4) is 0 Å². The number of nitrogens with zero attached hydrogens (tertiary/aromatic N) is 3. The molecule has 2 fully saturated rings. The molecule has 2 aromatic heterocycles. The Bertz CT molecular complexity index is 1760. The summed E-state index contributed by atoms with van der Waals surface area (Å²) in [7, 11) is 0. The van der Waals surface area contributed by atoms with E-state index >= 15 is 0 Å². The second-order valence-corrected chi connectivity index (χ2v) is 13.3. The van der Waals surface area contributed by atoms with E-state index in [4.69, 9.17) is 16.6 Å². The molecule has 43 heavy (non-hydrogen) atoms. The maximum atomic E-state index is 14.7. The summed E-state index contributed by atoms with van der Waals surface area (Å²) >= 11 is 7.54. The van der Waals surface area contributed by atoms with Crippen molar-refractivity contribution in [3.05, 3.63) is 97.2 Å². The Kier molecular flexibility index (Phi) is 8.16. The molecule has 1 amide bonds. The van der Waals surface area contributed by atoms with Crippen LogP contribution in [0, 0.1) is 5.41 Å². The number of para-hydroxylation sites is 1. The molecule has 222 valence electrons. The van der Waals surface area contributed by atoms with Crippen LogP contribution in [0.15, 0.2) is 64.3 Å². The molecule has 6 rings (SSSR count). The summed E-state index contributed by atoms with van der Waals surface area (Å²) in [6.07, 6.45) is 4.50. The van der Waals surface area contributed by atoms with Crippen molar-refractivity contribution in [2.45, 2.75) is 47.0 Å². The molecule has 0 saturated carbocycles. The first-order valence-corrected chi connectivity index (χ1v) is 16.3. The van der Waals surface area contributed by atoms with Gasteiger partial charge < -0.3 is 10.2 Å². The molecule has 8 heteroatoms. The third-order valence-electron chi connectivity index (χ3n) is 8.68. The number of pyridine rings is 1. The Morgan fingerprint density at radius 2 is 1.79 bits per heavy atom. The minimum atomic E-state index is -0.169. The number of carbonyl (C=O) groups excluding carboxylic acids is 1.